The fourth-order valence-corrected chi connectivity index (χ4v) is 0.964. The number of pyridine rings is 1. The van der Waals surface area contributed by atoms with Crippen molar-refractivity contribution in [2.24, 2.45) is 0 Å². The molecule has 0 aromatic carbocycles. The second-order valence-electron chi connectivity index (χ2n) is 2.13. The fraction of sp³-hybridized carbons (Fsp3) is 0.375. The lowest BCUT2D eigenvalue weighted by Crippen LogP contribution is -2.01. The van der Waals surface area contributed by atoms with Gasteiger partial charge in [0.1, 0.15) is 0 Å². The van der Waals surface area contributed by atoms with Crippen LogP contribution >= 0.6 is 11.8 Å². The number of thioether (sulfide) groups is 1. The van der Waals surface area contributed by atoms with Gasteiger partial charge in [-0.2, -0.15) is 16.2 Å². The highest BCUT2D eigenvalue weighted by Crippen LogP contribution is 2.12. The van der Waals surface area contributed by atoms with E-state index in [1.807, 2.05) is 6.26 Å². The van der Waals surface area contributed by atoms with E-state index in [1.165, 1.54) is 6.20 Å². The quantitative estimate of drug-likeness (QED) is 0.531. The molecule has 66 valence electrons. The summed E-state index contributed by atoms with van der Waals surface area (Å²) < 4.78 is 17.9. The van der Waals surface area contributed by atoms with Crippen LogP contribution in [0.5, 0.6) is 5.75 Å². The van der Waals surface area contributed by atoms with Crippen LogP contribution in [0.4, 0.5) is 4.39 Å². The smallest absolute Gasteiger partial charge is 0.255 e. The number of nitrogens with zero attached hydrogens (tertiary/aromatic N) is 1. The SMILES string of the molecule is CSCCOc1cccnc1F. The molecule has 0 amide bonds. The molecule has 0 aliphatic heterocycles. The van der Waals surface area contributed by atoms with Crippen molar-refractivity contribution < 1.29 is 9.13 Å². The number of aromatic nitrogens is 1. The average molecular weight is 187 g/mol. The van der Waals surface area contributed by atoms with E-state index < -0.39 is 5.95 Å². The molecule has 1 aromatic heterocycles. The highest BCUT2D eigenvalue weighted by molar-refractivity contribution is 7.98. The van der Waals surface area contributed by atoms with Crippen molar-refractivity contribution in [1.29, 1.82) is 0 Å². The van der Waals surface area contributed by atoms with Crippen molar-refractivity contribution in [3.8, 4) is 5.75 Å². The molecule has 0 radical (unpaired) electrons. The Morgan fingerprint density at radius 1 is 1.67 bits per heavy atom. The Morgan fingerprint density at radius 2 is 2.50 bits per heavy atom. The molecule has 0 saturated carbocycles. The molecule has 0 spiro atoms. The maximum absolute atomic E-state index is 12.8. The molecular weight excluding hydrogens is 177 g/mol. The predicted octanol–water partition coefficient (Wildman–Crippen LogP) is 1.96. The van der Waals surface area contributed by atoms with E-state index in [0.29, 0.717) is 6.61 Å². The summed E-state index contributed by atoms with van der Waals surface area (Å²) in [6.45, 7) is 0.518. The third-order valence-corrected chi connectivity index (χ3v) is 1.84. The van der Waals surface area contributed by atoms with Gasteiger partial charge in [-0.3, -0.25) is 0 Å². The van der Waals surface area contributed by atoms with Crippen LogP contribution in [0, 0.1) is 5.95 Å². The molecule has 0 fully saturated rings. The fourth-order valence-electron chi connectivity index (χ4n) is 0.714. The van der Waals surface area contributed by atoms with Gasteiger partial charge in [-0.05, 0) is 18.4 Å². The van der Waals surface area contributed by atoms with Gasteiger partial charge >= 0.3 is 0 Å². The van der Waals surface area contributed by atoms with E-state index in [0.717, 1.165) is 5.75 Å². The third-order valence-electron chi connectivity index (χ3n) is 1.27. The summed E-state index contributed by atoms with van der Waals surface area (Å²) in [6, 6.07) is 3.22. The predicted molar refractivity (Wildman–Crippen MR) is 48.1 cm³/mol. The highest BCUT2D eigenvalue weighted by Gasteiger charge is 2.00. The van der Waals surface area contributed by atoms with Crippen molar-refractivity contribution in [2.45, 2.75) is 0 Å². The van der Waals surface area contributed by atoms with E-state index in [-0.39, 0.29) is 5.75 Å². The molecule has 1 rings (SSSR count). The number of rotatable bonds is 4. The van der Waals surface area contributed by atoms with E-state index in [2.05, 4.69) is 4.98 Å². The van der Waals surface area contributed by atoms with E-state index in [1.54, 1.807) is 23.9 Å². The first-order valence-corrected chi connectivity index (χ1v) is 4.96. The topological polar surface area (TPSA) is 22.1 Å². The molecule has 0 bridgehead atoms. The normalized spacial score (nSPS) is 9.83. The van der Waals surface area contributed by atoms with Gasteiger partial charge in [0, 0.05) is 11.9 Å². The maximum atomic E-state index is 12.8. The van der Waals surface area contributed by atoms with E-state index in [4.69, 9.17) is 4.74 Å². The Morgan fingerprint density at radius 3 is 3.17 bits per heavy atom. The van der Waals surface area contributed by atoms with Crippen molar-refractivity contribution in [2.75, 3.05) is 18.6 Å². The number of hydrogen-bond donors (Lipinski definition) is 0. The summed E-state index contributed by atoms with van der Waals surface area (Å²) in [5, 5.41) is 0. The van der Waals surface area contributed by atoms with Gasteiger partial charge in [0.05, 0.1) is 6.61 Å². The minimum atomic E-state index is -0.543. The molecule has 4 heteroatoms. The summed E-state index contributed by atoms with van der Waals surface area (Å²) in [5.74, 6) is 0.541. The van der Waals surface area contributed by atoms with Crippen molar-refractivity contribution in [3.05, 3.63) is 24.3 Å². The van der Waals surface area contributed by atoms with E-state index in [9.17, 15) is 4.39 Å². The lowest BCUT2D eigenvalue weighted by atomic mass is 10.4. The van der Waals surface area contributed by atoms with Gasteiger partial charge in [-0.1, -0.05) is 0 Å². The van der Waals surface area contributed by atoms with Crippen LogP contribution in [-0.2, 0) is 0 Å². The Labute approximate surface area is 75.1 Å². The van der Waals surface area contributed by atoms with Gasteiger partial charge in [-0.15, -0.1) is 0 Å². The van der Waals surface area contributed by atoms with Gasteiger partial charge in [0.2, 0.25) is 0 Å². The minimum Gasteiger partial charge on any atom is -0.488 e. The molecule has 0 aliphatic carbocycles. The first-order chi connectivity index (χ1) is 5.84. The van der Waals surface area contributed by atoms with Crippen molar-refractivity contribution >= 4 is 11.8 Å². The lowest BCUT2D eigenvalue weighted by Gasteiger charge is -2.03. The maximum Gasteiger partial charge on any atom is 0.255 e. The molecular formula is C8H10FNOS. The Balaban J connectivity index is 2.46. The summed E-state index contributed by atoms with van der Waals surface area (Å²) in [4.78, 5) is 3.46. The zero-order valence-corrected chi connectivity index (χ0v) is 7.60. The first kappa shape index (κ1) is 9.32. The molecule has 1 aromatic rings. The summed E-state index contributed by atoms with van der Waals surface area (Å²) in [5.41, 5.74) is 0. The van der Waals surface area contributed by atoms with Crippen LogP contribution in [0.1, 0.15) is 0 Å². The molecule has 12 heavy (non-hydrogen) atoms. The van der Waals surface area contributed by atoms with Crippen LogP contribution in [0.3, 0.4) is 0 Å². The Hall–Kier alpha value is -0.770. The van der Waals surface area contributed by atoms with Crippen LogP contribution in [0.2, 0.25) is 0 Å². The molecule has 0 atom stereocenters. The number of halogens is 1. The van der Waals surface area contributed by atoms with E-state index >= 15 is 0 Å². The van der Waals surface area contributed by atoms with Crippen LogP contribution in [-0.4, -0.2) is 23.6 Å². The van der Waals surface area contributed by atoms with Gasteiger partial charge in [-0.25, -0.2) is 4.98 Å². The molecule has 2 nitrogen and oxygen atoms in total. The highest BCUT2D eigenvalue weighted by atomic mass is 32.2. The summed E-state index contributed by atoms with van der Waals surface area (Å²) in [7, 11) is 0. The van der Waals surface area contributed by atoms with Crippen LogP contribution in [0.15, 0.2) is 18.3 Å². The zero-order valence-electron chi connectivity index (χ0n) is 6.79. The average Bonchev–Trinajstić information content (AvgIpc) is 2.09. The Bertz CT molecular complexity index is 244. The lowest BCUT2D eigenvalue weighted by molar-refractivity contribution is 0.319. The third kappa shape index (κ3) is 2.70. The number of ether oxygens (including phenoxy) is 1. The molecule has 0 aliphatic rings. The first-order valence-electron chi connectivity index (χ1n) is 3.57. The van der Waals surface area contributed by atoms with Gasteiger partial charge in [0.25, 0.3) is 5.95 Å². The largest absolute Gasteiger partial charge is 0.488 e. The Kier molecular flexibility index (Phi) is 3.87. The van der Waals surface area contributed by atoms with Gasteiger partial charge in [0.15, 0.2) is 5.75 Å². The van der Waals surface area contributed by atoms with Gasteiger partial charge < -0.3 is 4.74 Å². The second kappa shape index (κ2) is 4.98. The molecule has 0 unspecified atom stereocenters. The number of hydrogen-bond acceptors (Lipinski definition) is 3. The van der Waals surface area contributed by atoms with Crippen molar-refractivity contribution in [1.82, 2.24) is 4.98 Å². The van der Waals surface area contributed by atoms with Crippen molar-refractivity contribution in [3.63, 3.8) is 0 Å². The van der Waals surface area contributed by atoms with Crippen LogP contribution in [0.25, 0.3) is 0 Å². The monoisotopic (exact) mass is 187 g/mol. The zero-order chi connectivity index (χ0) is 8.81. The summed E-state index contributed by atoms with van der Waals surface area (Å²) >= 11 is 1.66. The second-order valence-corrected chi connectivity index (χ2v) is 3.12. The van der Waals surface area contributed by atoms with Crippen LogP contribution < -0.4 is 4.74 Å². The summed E-state index contributed by atoms with van der Waals surface area (Å²) in [6.07, 6.45) is 3.37. The molecule has 0 N–H and O–H groups in total. The molecule has 1 heterocycles. The molecule has 0 saturated heterocycles. The minimum absolute atomic E-state index is 0.228. The standard InChI is InChI=1S/C8H10FNOS/c1-12-6-5-11-7-3-2-4-10-8(7)9/h2-4H,5-6H2,1H3.